The lowest BCUT2D eigenvalue weighted by Gasteiger charge is -2.41. The molecule has 7 atom stereocenters. The third kappa shape index (κ3) is 5.15. The standard InChI is InChI=1S/C26H34O11/c1-33-19-5-12-4-14(9-27)16(10-36-26-25(32)23(30)18(29)11-37-26)22(15(12)8-17(19)28)13-6-20(34-2)24(31)21(7-13)35-3/h5-8,14,16,18,22-23,25-32H,4,9-11H2,1-3H3/t14-,16-,18-,22-,23+,25-,26-/m1/s1. The summed E-state index contributed by atoms with van der Waals surface area (Å²) < 4.78 is 27.3. The third-order valence-corrected chi connectivity index (χ3v) is 7.29. The molecule has 1 fully saturated rings. The van der Waals surface area contributed by atoms with E-state index in [1.807, 2.05) is 0 Å². The smallest absolute Gasteiger partial charge is 0.200 e. The maximum absolute atomic E-state index is 10.6. The van der Waals surface area contributed by atoms with Crippen LogP contribution >= 0.6 is 0 Å². The number of benzene rings is 2. The Kier molecular flexibility index (Phi) is 8.32. The normalized spacial score (nSPS) is 29.4. The molecular weight excluding hydrogens is 488 g/mol. The summed E-state index contributed by atoms with van der Waals surface area (Å²) in [5, 5.41) is 61.6. The van der Waals surface area contributed by atoms with E-state index >= 15 is 0 Å². The number of phenolic OH excluding ortho intramolecular Hbond substituents is 2. The molecule has 1 saturated heterocycles. The number of aliphatic hydroxyl groups excluding tert-OH is 4. The fraction of sp³-hybridized carbons (Fsp3) is 0.538. The molecular formula is C26H34O11. The van der Waals surface area contributed by atoms with Crippen LogP contribution in [0.25, 0.3) is 0 Å². The lowest BCUT2D eigenvalue weighted by Crippen LogP contribution is -2.54. The van der Waals surface area contributed by atoms with E-state index in [0.717, 1.165) is 11.1 Å². The maximum Gasteiger partial charge on any atom is 0.200 e. The monoisotopic (exact) mass is 522 g/mol. The van der Waals surface area contributed by atoms with Gasteiger partial charge in [-0.2, -0.15) is 0 Å². The van der Waals surface area contributed by atoms with Crippen LogP contribution < -0.4 is 14.2 Å². The molecule has 0 spiro atoms. The maximum atomic E-state index is 10.6. The van der Waals surface area contributed by atoms with E-state index in [9.17, 15) is 30.6 Å². The van der Waals surface area contributed by atoms with Crippen molar-refractivity contribution in [3.63, 3.8) is 0 Å². The SMILES string of the molecule is COc1cc2c(cc1O)[C@@H](c1cc(OC)c(O)c(OC)c1)[C@H](CO[C@@H]1OC[C@@H](O)[C@H](O)[C@H]1O)[C@@H](CO)C2. The molecule has 11 heteroatoms. The largest absolute Gasteiger partial charge is 0.504 e. The van der Waals surface area contributed by atoms with Gasteiger partial charge < -0.3 is 54.3 Å². The second kappa shape index (κ2) is 11.3. The Labute approximate surface area is 214 Å². The van der Waals surface area contributed by atoms with E-state index in [0.29, 0.717) is 17.7 Å². The second-order valence-corrected chi connectivity index (χ2v) is 9.37. The number of fused-ring (bicyclic) bond motifs is 1. The molecule has 1 heterocycles. The Morgan fingerprint density at radius 1 is 0.892 bits per heavy atom. The average molecular weight is 523 g/mol. The van der Waals surface area contributed by atoms with Gasteiger partial charge in [-0.25, -0.2) is 0 Å². The quantitative estimate of drug-likeness (QED) is 0.286. The molecule has 2 aliphatic rings. The van der Waals surface area contributed by atoms with Crippen molar-refractivity contribution < 1.29 is 54.3 Å². The van der Waals surface area contributed by atoms with Crippen LogP contribution in [0.3, 0.4) is 0 Å². The topological polar surface area (TPSA) is 168 Å². The first-order valence-electron chi connectivity index (χ1n) is 12.0. The van der Waals surface area contributed by atoms with Crippen LogP contribution in [0, 0.1) is 11.8 Å². The zero-order valence-electron chi connectivity index (χ0n) is 20.9. The summed E-state index contributed by atoms with van der Waals surface area (Å²) in [5.41, 5.74) is 2.28. The Morgan fingerprint density at radius 2 is 1.54 bits per heavy atom. The predicted octanol–water partition coefficient (Wildman–Crippen LogP) is 0.492. The number of ether oxygens (including phenoxy) is 5. The highest BCUT2D eigenvalue weighted by molar-refractivity contribution is 5.57. The minimum Gasteiger partial charge on any atom is -0.504 e. The highest BCUT2D eigenvalue weighted by atomic mass is 16.7. The first kappa shape index (κ1) is 27.2. The molecule has 37 heavy (non-hydrogen) atoms. The minimum absolute atomic E-state index is 0.00181. The fourth-order valence-corrected chi connectivity index (χ4v) is 5.28. The van der Waals surface area contributed by atoms with Crippen LogP contribution in [-0.4, -0.2) is 96.4 Å². The summed E-state index contributed by atoms with van der Waals surface area (Å²) in [6, 6.07) is 6.66. The van der Waals surface area contributed by atoms with Gasteiger partial charge in [0, 0.05) is 12.5 Å². The molecule has 0 saturated carbocycles. The van der Waals surface area contributed by atoms with E-state index in [1.165, 1.54) is 21.3 Å². The zero-order chi connectivity index (χ0) is 26.9. The van der Waals surface area contributed by atoms with Crippen molar-refractivity contribution in [3.8, 4) is 28.7 Å². The lowest BCUT2D eigenvalue weighted by atomic mass is 9.66. The molecule has 11 nitrogen and oxygen atoms in total. The van der Waals surface area contributed by atoms with Crippen molar-refractivity contribution >= 4 is 0 Å². The van der Waals surface area contributed by atoms with Crippen molar-refractivity contribution in [1.29, 1.82) is 0 Å². The van der Waals surface area contributed by atoms with Gasteiger partial charge in [0.05, 0.1) is 34.5 Å². The molecule has 2 aromatic rings. The second-order valence-electron chi connectivity index (χ2n) is 9.37. The number of phenols is 2. The first-order chi connectivity index (χ1) is 17.7. The van der Waals surface area contributed by atoms with E-state index in [1.54, 1.807) is 24.3 Å². The highest BCUT2D eigenvalue weighted by Gasteiger charge is 2.42. The number of methoxy groups -OCH3 is 3. The van der Waals surface area contributed by atoms with Gasteiger partial charge >= 0.3 is 0 Å². The molecule has 2 aromatic carbocycles. The number of aromatic hydroxyl groups is 2. The van der Waals surface area contributed by atoms with Crippen LogP contribution in [0.15, 0.2) is 24.3 Å². The number of aliphatic hydroxyl groups is 4. The van der Waals surface area contributed by atoms with E-state index in [-0.39, 0.29) is 48.7 Å². The van der Waals surface area contributed by atoms with Gasteiger partial charge in [-0.1, -0.05) is 0 Å². The summed E-state index contributed by atoms with van der Waals surface area (Å²) in [6.07, 6.45) is -4.86. The van der Waals surface area contributed by atoms with Gasteiger partial charge in [-0.05, 0) is 59.2 Å². The zero-order valence-corrected chi connectivity index (χ0v) is 20.9. The van der Waals surface area contributed by atoms with E-state index in [4.69, 9.17) is 23.7 Å². The molecule has 1 aliphatic heterocycles. The summed E-state index contributed by atoms with van der Waals surface area (Å²) in [7, 11) is 4.29. The summed E-state index contributed by atoms with van der Waals surface area (Å²) >= 11 is 0. The molecule has 0 bridgehead atoms. The molecule has 0 radical (unpaired) electrons. The number of hydrogen-bond donors (Lipinski definition) is 6. The Morgan fingerprint density at radius 3 is 2.14 bits per heavy atom. The van der Waals surface area contributed by atoms with Gasteiger partial charge in [0.15, 0.2) is 29.3 Å². The van der Waals surface area contributed by atoms with Gasteiger partial charge in [-0.15, -0.1) is 0 Å². The third-order valence-electron chi connectivity index (χ3n) is 7.29. The minimum atomic E-state index is -1.46. The van der Waals surface area contributed by atoms with Gasteiger partial charge in [0.1, 0.15) is 18.3 Å². The molecule has 1 aliphatic carbocycles. The van der Waals surface area contributed by atoms with Crippen LogP contribution in [0.4, 0.5) is 0 Å². The fourth-order valence-electron chi connectivity index (χ4n) is 5.28. The van der Waals surface area contributed by atoms with E-state index in [2.05, 4.69) is 0 Å². The average Bonchev–Trinajstić information content (AvgIpc) is 2.90. The van der Waals surface area contributed by atoms with Crippen LogP contribution in [-0.2, 0) is 15.9 Å². The van der Waals surface area contributed by atoms with Crippen molar-refractivity contribution in [2.45, 2.75) is 36.9 Å². The van der Waals surface area contributed by atoms with Gasteiger partial charge in [-0.3, -0.25) is 0 Å². The Hall–Kier alpha value is -2.80. The van der Waals surface area contributed by atoms with Crippen molar-refractivity contribution in [2.24, 2.45) is 11.8 Å². The molecule has 0 amide bonds. The van der Waals surface area contributed by atoms with Crippen molar-refractivity contribution in [1.82, 2.24) is 0 Å². The lowest BCUT2D eigenvalue weighted by molar-refractivity contribution is -0.274. The molecule has 4 rings (SSSR count). The predicted molar refractivity (Wildman–Crippen MR) is 129 cm³/mol. The van der Waals surface area contributed by atoms with E-state index < -0.39 is 36.4 Å². The summed E-state index contributed by atoms with van der Waals surface area (Å²) in [6.45, 7) is -0.392. The van der Waals surface area contributed by atoms with Crippen LogP contribution in [0.1, 0.15) is 22.6 Å². The molecule has 6 N–H and O–H groups in total. The van der Waals surface area contributed by atoms with Crippen LogP contribution in [0.5, 0.6) is 28.7 Å². The van der Waals surface area contributed by atoms with Crippen molar-refractivity contribution in [2.75, 3.05) is 41.2 Å². The Balaban J connectivity index is 1.78. The first-order valence-corrected chi connectivity index (χ1v) is 12.0. The Bertz CT molecular complexity index is 1070. The molecule has 0 unspecified atom stereocenters. The van der Waals surface area contributed by atoms with Gasteiger partial charge in [0.2, 0.25) is 5.75 Å². The van der Waals surface area contributed by atoms with Crippen molar-refractivity contribution in [3.05, 3.63) is 41.0 Å². The number of hydrogen-bond acceptors (Lipinski definition) is 11. The number of rotatable bonds is 8. The van der Waals surface area contributed by atoms with Gasteiger partial charge in [0.25, 0.3) is 0 Å². The molecule has 0 aromatic heterocycles. The summed E-state index contributed by atoms with van der Waals surface area (Å²) in [5.74, 6) is -0.745. The molecule has 204 valence electrons. The highest BCUT2D eigenvalue weighted by Crippen LogP contribution is 2.50. The van der Waals surface area contributed by atoms with Crippen LogP contribution in [0.2, 0.25) is 0 Å². The summed E-state index contributed by atoms with van der Waals surface area (Å²) in [4.78, 5) is 0.